The molecule has 0 aliphatic carbocycles. The smallest absolute Gasteiger partial charge is 0.271 e. The summed E-state index contributed by atoms with van der Waals surface area (Å²) < 4.78 is 5.37. The maximum Gasteiger partial charge on any atom is 0.271 e. The van der Waals surface area contributed by atoms with Crippen molar-refractivity contribution in [2.75, 3.05) is 13.7 Å². The fourth-order valence-electron chi connectivity index (χ4n) is 1.74. The predicted octanol–water partition coefficient (Wildman–Crippen LogP) is 2.25. The van der Waals surface area contributed by atoms with Gasteiger partial charge in [0.05, 0.1) is 12.3 Å². The molecule has 1 N–H and O–H groups in total. The van der Waals surface area contributed by atoms with Crippen molar-refractivity contribution in [3.05, 3.63) is 59.1 Å². The molecule has 0 aliphatic heterocycles. The second kappa shape index (κ2) is 6.98. The highest BCUT2D eigenvalue weighted by Gasteiger charge is 2.14. The molecule has 0 bridgehead atoms. The number of hydrogen-bond acceptors (Lipinski definition) is 4. The van der Waals surface area contributed by atoms with Crippen LogP contribution in [0.25, 0.3) is 0 Å². The quantitative estimate of drug-likeness (QED) is 0.918. The van der Waals surface area contributed by atoms with E-state index in [1.54, 1.807) is 13.2 Å². The Bertz CT molecular complexity index is 578. The van der Waals surface area contributed by atoms with E-state index in [1.165, 1.54) is 18.6 Å². The number of methoxy groups -OCH3 is 1. The zero-order valence-corrected chi connectivity index (χ0v) is 11.7. The number of carbonyl (C=O) groups excluding carboxylic acids is 1. The van der Waals surface area contributed by atoms with Crippen LogP contribution in [0.5, 0.6) is 0 Å². The minimum atomic E-state index is -0.290. The average Bonchev–Trinajstić information content (AvgIpc) is 2.48. The average molecular weight is 292 g/mol. The lowest BCUT2D eigenvalue weighted by Gasteiger charge is -2.16. The highest BCUT2D eigenvalue weighted by molar-refractivity contribution is 6.30. The van der Waals surface area contributed by atoms with Gasteiger partial charge in [0.25, 0.3) is 5.91 Å². The summed E-state index contributed by atoms with van der Waals surface area (Å²) in [5.41, 5.74) is 1.17. The van der Waals surface area contributed by atoms with E-state index in [-0.39, 0.29) is 17.7 Å². The number of benzene rings is 1. The molecule has 0 spiro atoms. The van der Waals surface area contributed by atoms with Crippen molar-refractivity contribution in [1.29, 1.82) is 0 Å². The lowest BCUT2D eigenvalue weighted by atomic mass is 10.1. The number of rotatable bonds is 5. The monoisotopic (exact) mass is 291 g/mol. The second-order valence-electron chi connectivity index (χ2n) is 4.08. The third-order valence-corrected chi connectivity index (χ3v) is 2.98. The van der Waals surface area contributed by atoms with Gasteiger partial charge in [0, 0.05) is 31.1 Å². The number of hydrogen-bond donors (Lipinski definition) is 1. The van der Waals surface area contributed by atoms with Crippen LogP contribution in [0.4, 0.5) is 0 Å². The van der Waals surface area contributed by atoms with E-state index in [9.17, 15) is 4.79 Å². The Morgan fingerprint density at radius 3 is 2.95 bits per heavy atom. The molecular weight excluding hydrogens is 278 g/mol. The lowest BCUT2D eigenvalue weighted by molar-refractivity contribution is 0.0824. The summed E-state index contributed by atoms with van der Waals surface area (Å²) in [4.78, 5) is 19.7. The van der Waals surface area contributed by atoms with Crippen LogP contribution in [-0.4, -0.2) is 29.5 Å². The first kappa shape index (κ1) is 14.4. The van der Waals surface area contributed by atoms with Gasteiger partial charge in [0.1, 0.15) is 5.69 Å². The van der Waals surface area contributed by atoms with Crippen LogP contribution in [0.3, 0.4) is 0 Å². The molecule has 2 aromatic rings. The SMILES string of the molecule is CO[C@@H](CNC(=O)c1cnccn1)c1cccc(Cl)c1. The number of aromatic nitrogens is 2. The molecule has 0 radical (unpaired) electrons. The molecule has 0 fully saturated rings. The molecule has 0 aliphatic rings. The van der Waals surface area contributed by atoms with Crippen molar-refractivity contribution < 1.29 is 9.53 Å². The topological polar surface area (TPSA) is 64.1 Å². The number of nitrogens with zero attached hydrogens (tertiary/aromatic N) is 2. The Morgan fingerprint density at radius 1 is 1.45 bits per heavy atom. The standard InChI is InChI=1S/C14H14ClN3O2/c1-20-13(10-3-2-4-11(15)7-10)9-18-14(19)12-8-16-5-6-17-12/h2-8,13H,9H2,1H3,(H,18,19)/t13-/m0/s1. The van der Waals surface area contributed by atoms with E-state index in [1.807, 2.05) is 18.2 Å². The van der Waals surface area contributed by atoms with Crippen LogP contribution in [0.2, 0.25) is 5.02 Å². The molecule has 1 amide bonds. The molecule has 0 unspecified atom stereocenters. The van der Waals surface area contributed by atoms with Gasteiger partial charge in [-0.15, -0.1) is 0 Å². The first-order valence-electron chi connectivity index (χ1n) is 6.03. The molecule has 20 heavy (non-hydrogen) atoms. The normalized spacial score (nSPS) is 11.9. The highest BCUT2D eigenvalue weighted by atomic mass is 35.5. The van der Waals surface area contributed by atoms with Crippen molar-refractivity contribution in [2.24, 2.45) is 0 Å². The largest absolute Gasteiger partial charge is 0.375 e. The van der Waals surface area contributed by atoms with Gasteiger partial charge in [0.2, 0.25) is 0 Å². The fourth-order valence-corrected chi connectivity index (χ4v) is 1.94. The van der Waals surface area contributed by atoms with Gasteiger partial charge in [-0.25, -0.2) is 4.98 Å². The first-order chi connectivity index (χ1) is 9.70. The van der Waals surface area contributed by atoms with Crippen LogP contribution in [0.15, 0.2) is 42.9 Å². The number of nitrogens with one attached hydrogen (secondary N) is 1. The van der Waals surface area contributed by atoms with E-state index < -0.39 is 0 Å². The number of halogens is 1. The molecule has 1 heterocycles. The molecular formula is C14H14ClN3O2. The fraction of sp³-hybridized carbons (Fsp3) is 0.214. The predicted molar refractivity (Wildman–Crippen MR) is 75.6 cm³/mol. The Hall–Kier alpha value is -1.98. The van der Waals surface area contributed by atoms with Crippen LogP contribution >= 0.6 is 11.6 Å². The van der Waals surface area contributed by atoms with Crippen LogP contribution in [0.1, 0.15) is 22.2 Å². The molecule has 1 aromatic heterocycles. The minimum Gasteiger partial charge on any atom is -0.375 e. The molecule has 2 rings (SSSR count). The van der Waals surface area contributed by atoms with Gasteiger partial charge in [-0.1, -0.05) is 23.7 Å². The summed E-state index contributed by atoms with van der Waals surface area (Å²) >= 11 is 5.94. The van der Waals surface area contributed by atoms with Gasteiger partial charge < -0.3 is 10.1 Å². The van der Waals surface area contributed by atoms with E-state index in [2.05, 4.69) is 15.3 Å². The summed E-state index contributed by atoms with van der Waals surface area (Å²) in [6, 6.07) is 7.34. The van der Waals surface area contributed by atoms with E-state index >= 15 is 0 Å². The Morgan fingerprint density at radius 2 is 2.30 bits per heavy atom. The summed E-state index contributed by atoms with van der Waals surface area (Å²) in [5, 5.41) is 3.39. The number of ether oxygens (including phenoxy) is 1. The maximum atomic E-state index is 11.9. The van der Waals surface area contributed by atoms with Gasteiger partial charge in [-0.3, -0.25) is 9.78 Å². The zero-order valence-electron chi connectivity index (χ0n) is 10.9. The number of carbonyl (C=O) groups is 1. The second-order valence-corrected chi connectivity index (χ2v) is 4.52. The third kappa shape index (κ3) is 3.76. The summed E-state index contributed by atoms with van der Waals surface area (Å²) in [5.74, 6) is -0.290. The Balaban J connectivity index is 1.99. The van der Waals surface area contributed by atoms with E-state index in [0.717, 1.165) is 5.56 Å². The summed E-state index contributed by atoms with van der Waals surface area (Å²) in [6.07, 6.45) is 4.13. The van der Waals surface area contributed by atoms with Crippen LogP contribution in [-0.2, 0) is 4.74 Å². The molecule has 1 aromatic carbocycles. The van der Waals surface area contributed by atoms with Crippen molar-refractivity contribution in [2.45, 2.75) is 6.10 Å². The van der Waals surface area contributed by atoms with Crippen LogP contribution in [0, 0.1) is 0 Å². The van der Waals surface area contributed by atoms with E-state index in [4.69, 9.17) is 16.3 Å². The lowest BCUT2D eigenvalue weighted by Crippen LogP contribution is -2.29. The Kier molecular flexibility index (Phi) is 5.03. The highest BCUT2D eigenvalue weighted by Crippen LogP contribution is 2.19. The molecule has 5 nitrogen and oxygen atoms in total. The van der Waals surface area contributed by atoms with Gasteiger partial charge in [-0.05, 0) is 17.7 Å². The van der Waals surface area contributed by atoms with E-state index in [0.29, 0.717) is 11.6 Å². The van der Waals surface area contributed by atoms with Crippen molar-refractivity contribution >= 4 is 17.5 Å². The first-order valence-corrected chi connectivity index (χ1v) is 6.41. The third-order valence-electron chi connectivity index (χ3n) is 2.75. The summed E-state index contributed by atoms with van der Waals surface area (Å²) in [6.45, 7) is 0.326. The van der Waals surface area contributed by atoms with Crippen molar-refractivity contribution in [3.63, 3.8) is 0 Å². The molecule has 0 saturated heterocycles. The maximum absolute atomic E-state index is 11.9. The van der Waals surface area contributed by atoms with Crippen molar-refractivity contribution in [3.8, 4) is 0 Å². The minimum absolute atomic E-state index is 0.269. The molecule has 0 saturated carbocycles. The Labute approximate surface area is 122 Å². The molecule has 104 valence electrons. The van der Waals surface area contributed by atoms with Gasteiger partial charge in [-0.2, -0.15) is 0 Å². The summed E-state index contributed by atoms with van der Waals surface area (Å²) in [7, 11) is 1.58. The van der Waals surface area contributed by atoms with Gasteiger partial charge >= 0.3 is 0 Å². The van der Waals surface area contributed by atoms with Crippen LogP contribution < -0.4 is 5.32 Å². The van der Waals surface area contributed by atoms with Crippen molar-refractivity contribution in [1.82, 2.24) is 15.3 Å². The molecule has 6 heteroatoms. The van der Waals surface area contributed by atoms with Gasteiger partial charge in [0.15, 0.2) is 0 Å². The zero-order chi connectivity index (χ0) is 14.4. The molecule has 1 atom stereocenters. The number of amides is 1.